The number of nitrogens with one attached hydrogen (secondary N) is 1. The molecule has 31 heavy (non-hydrogen) atoms. The fraction of sp³-hybridized carbons (Fsp3) is 0.652. The van der Waals surface area contributed by atoms with Crippen molar-refractivity contribution in [3.8, 4) is 5.75 Å². The second kappa shape index (κ2) is 15.5. The van der Waals surface area contributed by atoms with Gasteiger partial charge in [-0.25, -0.2) is 0 Å². The number of carbonyl (C=O) groups excluding carboxylic acids is 2. The molecule has 2 atom stereocenters. The van der Waals surface area contributed by atoms with E-state index in [2.05, 4.69) is 17.0 Å². The maximum Gasteiger partial charge on any atom is 0.573 e. The van der Waals surface area contributed by atoms with Gasteiger partial charge in [0.1, 0.15) is 5.75 Å². The summed E-state index contributed by atoms with van der Waals surface area (Å²) in [6, 6.07) is 7.05. The number of hydrogen-bond acceptors (Lipinski definition) is 3. The summed E-state index contributed by atoms with van der Waals surface area (Å²) in [6.07, 6.45) is -1.02. The molecule has 1 saturated heterocycles. The molecule has 0 radical (unpaired) electrons. The molecule has 2 rings (SSSR count). The summed E-state index contributed by atoms with van der Waals surface area (Å²) in [4.78, 5) is 25.6. The van der Waals surface area contributed by atoms with Gasteiger partial charge in [0.2, 0.25) is 11.8 Å². The zero-order valence-electron chi connectivity index (χ0n) is 19.3. The Hall–Kier alpha value is -2.25. The fourth-order valence-electron chi connectivity index (χ4n) is 3.04. The van der Waals surface area contributed by atoms with Gasteiger partial charge in [0.05, 0.1) is 5.92 Å². The van der Waals surface area contributed by atoms with E-state index in [9.17, 15) is 22.8 Å². The van der Waals surface area contributed by atoms with Crippen LogP contribution in [-0.2, 0) is 9.59 Å². The highest BCUT2D eigenvalue weighted by atomic mass is 19.4. The predicted octanol–water partition coefficient (Wildman–Crippen LogP) is 5.41. The zero-order valence-corrected chi connectivity index (χ0v) is 19.3. The van der Waals surface area contributed by atoms with Crippen LogP contribution in [0.15, 0.2) is 30.3 Å². The van der Waals surface area contributed by atoms with E-state index in [4.69, 9.17) is 0 Å². The molecule has 1 fully saturated rings. The Balaban J connectivity index is 0.000000591. The molecule has 1 aliphatic rings. The van der Waals surface area contributed by atoms with Gasteiger partial charge in [-0.1, -0.05) is 52.8 Å². The van der Waals surface area contributed by atoms with Gasteiger partial charge in [-0.05, 0) is 37.3 Å². The zero-order chi connectivity index (χ0) is 23.9. The summed E-state index contributed by atoms with van der Waals surface area (Å²) in [5, 5.41) is 2.83. The van der Waals surface area contributed by atoms with Crippen molar-refractivity contribution in [2.45, 2.75) is 66.7 Å². The summed E-state index contributed by atoms with van der Waals surface area (Å²) in [5.74, 6) is 0.574. The topological polar surface area (TPSA) is 58.6 Å². The van der Waals surface area contributed by atoms with Crippen LogP contribution >= 0.6 is 0 Å². The SMILES string of the molecule is CC.CCC(=O)NCC(CC)C(=O)N1CCCC(C)C1.FC(F)(F)Oc1ccccc1. The molecule has 2 unspecified atom stereocenters. The number of amides is 2. The summed E-state index contributed by atoms with van der Waals surface area (Å²) >= 11 is 0. The Kier molecular flexibility index (Phi) is 14.4. The first kappa shape index (κ1) is 28.8. The molecule has 1 aromatic carbocycles. The molecule has 1 aromatic rings. The van der Waals surface area contributed by atoms with Gasteiger partial charge in [-0.3, -0.25) is 9.59 Å². The van der Waals surface area contributed by atoms with Crippen molar-refractivity contribution in [1.82, 2.24) is 10.2 Å². The van der Waals surface area contributed by atoms with Crippen LogP contribution in [0.2, 0.25) is 0 Å². The maximum atomic E-state index is 12.4. The first-order chi connectivity index (χ1) is 14.7. The van der Waals surface area contributed by atoms with Crippen molar-refractivity contribution in [2.24, 2.45) is 11.8 Å². The number of ether oxygens (including phenoxy) is 1. The van der Waals surface area contributed by atoms with Gasteiger partial charge >= 0.3 is 6.36 Å². The van der Waals surface area contributed by atoms with E-state index < -0.39 is 6.36 Å². The number of nitrogens with zero attached hydrogens (tertiary/aromatic N) is 1. The van der Waals surface area contributed by atoms with Crippen molar-refractivity contribution in [2.75, 3.05) is 19.6 Å². The number of rotatable bonds is 6. The van der Waals surface area contributed by atoms with E-state index in [-0.39, 0.29) is 23.5 Å². The molecule has 0 saturated carbocycles. The molecule has 1 heterocycles. The van der Waals surface area contributed by atoms with Crippen molar-refractivity contribution >= 4 is 11.8 Å². The number of piperidine rings is 1. The van der Waals surface area contributed by atoms with E-state index in [1.54, 1.807) is 6.07 Å². The third-order valence-electron chi connectivity index (χ3n) is 4.65. The van der Waals surface area contributed by atoms with Crippen LogP contribution in [0.5, 0.6) is 5.75 Å². The highest BCUT2D eigenvalue weighted by molar-refractivity contribution is 5.81. The quantitative estimate of drug-likeness (QED) is 0.636. The average molecular weight is 447 g/mol. The van der Waals surface area contributed by atoms with Gasteiger partial charge in [0, 0.05) is 26.1 Å². The van der Waals surface area contributed by atoms with Crippen molar-refractivity contribution in [1.29, 1.82) is 0 Å². The lowest BCUT2D eigenvalue weighted by atomic mass is 9.97. The van der Waals surface area contributed by atoms with Crippen molar-refractivity contribution in [3.05, 3.63) is 30.3 Å². The molecular formula is C23H37F3N2O3. The second-order valence-electron chi connectivity index (χ2n) is 7.16. The highest BCUT2D eigenvalue weighted by Crippen LogP contribution is 2.21. The molecule has 1 aliphatic heterocycles. The van der Waals surface area contributed by atoms with Crippen LogP contribution in [0.3, 0.4) is 0 Å². The maximum absolute atomic E-state index is 12.4. The van der Waals surface area contributed by atoms with Crippen molar-refractivity contribution in [3.63, 3.8) is 0 Å². The molecule has 1 N–H and O–H groups in total. The van der Waals surface area contributed by atoms with E-state index in [0.717, 1.165) is 25.9 Å². The number of para-hydroxylation sites is 1. The molecule has 8 heteroatoms. The molecule has 0 bridgehead atoms. The second-order valence-corrected chi connectivity index (χ2v) is 7.16. The standard InChI is InChI=1S/C14H26N2O2.C7H5F3O.C2H6/c1-4-12(9-15-13(17)5-2)14(18)16-8-6-7-11(3)10-16;8-7(9,10)11-6-4-2-1-3-5-6;1-2/h11-12H,4-10H2,1-3H3,(H,15,17);1-5H;1-2H3. The number of alkyl halides is 3. The van der Waals surface area contributed by atoms with E-state index in [1.807, 2.05) is 32.6 Å². The fourth-order valence-corrected chi connectivity index (χ4v) is 3.04. The molecule has 0 aliphatic carbocycles. The lowest BCUT2D eigenvalue weighted by Gasteiger charge is -2.33. The Morgan fingerprint density at radius 1 is 1.19 bits per heavy atom. The number of halogens is 3. The van der Waals surface area contributed by atoms with Gasteiger partial charge < -0.3 is 15.0 Å². The van der Waals surface area contributed by atoms with Crippen LogP contribution in [0, 0.1) is 11.8 Å². The Labute approximate surface area is 184 Å². The monoisotopic (exact) mass is 446 g/mol. The molecule has 2 amide bonds. The summed E-state index contributed by atoms with van der Waals surface area (Å²) in [5.41, 5.74) is 0. The molecule has 5 nitrogen and oxygen atoms in total. The minimum Gasteiger partial charge on any atom is -0.406 e. The van der Waals surface area contributed by atoms with Crippen molar-refractivity contribution < 1.29 is 27.5 Å². The largest absolute Gasteiger partial charge is 0.573 e. The van der Waals surface area contributed by atoms with Gasteiger partial charge in [0.25, 0.3) is 0 Å². The number of hydrogen-bond donors (Lipinski definition) is 1. The van der Waals surface area contributed by atoms with E-state index in [0.29, 0.717) is 18.9 Å². The first-order valence-electron chi connectivity index (χ1n) is 11.0. The van der Waals surface area contributed by atoms with Gasteiger partial charge in [0.15, 0.2) is 0 Å². The summed E-state index contributed by atoms with van der Waals surface area (Å²) < 4.78 is 38.2. The predicted molar refractivity (Wildman–Crippen MR) is 117 cm³/mol. The van der Waals surface area contributed by atoms with Gasteiger partial charge in [-0.2, -0.15) is 0 Å². The lowest BCUT2D eigenvalue weighted by Crippen LogP contribution is -2.45. The van der Waals surface area contributed by atoms with Gasteiger partial charge in [-0.15, -0.1) is 13.2 Å². The Morgan fingerprint density at radius 2 is 1.81 bits per heavy atom. The highest BCUT2D eigenvalue weighted by Gasteiger charge is 2.30. The Bertz CT molecular complexity index is 624. The number of benzene rings is 1. The summed E-state index contributed by atoms with van der Waals surface area (Å²) in [6.45, 7) is 12.3. The lowest BCUT2D eigenvalue weighted by molar-refractivity contribution is -0.274. The smallest absolute Gasteiger partial charge is 0.406 e. The van der Waals surface area contributed by atoms with E-state index >= 15 is 0 Å². The molecular weight excluding hydrogens is 409 g/mol. The van der Waals surface area contributed by atoms with Crippen LogP contribution in [0.4, 0.5) is 13.2 Å². The minimum absolute atomic E-state index is 0.0215. The van der Waals surface area contributed by atoms with Crippen LogP contribution < -0.4 is 10.1 Å². The average Bonchev–Trinajstić information content (AvgIpc) is 2.75. The molecule has 178 valence electrons. The Morgan fingerprint density at radius 3 is 2.29 bits per heavy atom. The molecule has 0 spiro atoms. The summed E-state index contributed by atoms with van der Waals surface area (Å²) in [7, 11) is 0. The minimum atomic E-state index is -4.60. The van der Waals surface area contributed by atoms with Crippen LogP contribution in [0.25, 0.3) is 0 Å². The normalized spacial score (nSPS) is 16.6. The third-order valence-corrected chi connectivity index (χ3v) is 4.65. The van der Waals surface area contributed by atoms with E-state index in [1.165, 1.54) is 30.7 Å². The van der Waals surface area contributed by atoms with Crippen LogP contribution in [-0.4, -0.2) is 42.7 Å². The first-order valence-corrected chi connectivity index (χ1v) is 11.0. The van der Waals surface area contributed by atoms with Crippen LogP contribution in [0.1, 0.15) is 60.3 Å². The molecule has 0 aromatic heterocycles. The number of likely N-dealkylation sites (tertiary alicyclic amines) is 1. The third kappa shape index (κ3) is 12.9. The number of carbonyl (C=O) groups is 2.